The number of hydrogen-bond acceptors (Lipinski definition) is 2. The number of rotatable bonds is 1. The van der Waals surface area contributed by atoms with Crippen LogP contribution in [0.4, 0.5) is 5.69 Å². The monoisotopic (exact) mass is 262 g/mol. The van der Waals surface area contributed by atoms with Gasteiger partial charge in [0.05, 0.1) is 0 Å². The van der Waals surface area contributed by atoms with Crippen molar-refractivity contribution in [2.24, 2.45) is 0 Å². The van der Waals surface area contributed by atoms with Crippen LogP contribution in [-0.4, -0.2) is 13.1 Å². The average molecular weight is 263 g/mol. The third-order valence-corrected chi connectivity index (χ3v) is 3.11. The van der Waals surface area contributed by atoms with Crippen molar-refractivity contribution in [3.8, 4) is 0 Å². The Morgan fingerprint density at radius 2 is 1.81 bits per heavy atom. The summed E-state index contributed by atoms with van der Waals surface area (Å²) >= 11 is 0. The van der Waals surface area contributed by atoms with Crippen LogP contribution < -0.4 is 11.1 Å². The summed E-state index contributed by atoms with van der Waals surface area (Å²) < 4.78 is 0. The highest BCUT2D eigenvalue weighted by Crippen LogP contribution is 2.27. The molecule has 1 aliphatic heterocycles. The average Bonchev–Trinajstić information content (AvgIpc) is 2.23. The zero-order valence-electron chi connectivity index (χ0n) is 9.53. The second-order valence-corrected chi connectivity index (χ2v) is 4.14. The van der Waals surface area contributed by atoms with Crippen molar-refractivity contribution in [2.75, 3.05) is 18.8 Å². The molecule has 2 nitrogen and oxygen atoms in total. The summed E-state index contributed by atoms with van der Waals surface area (Å²) in [5.74, 6) is 0.708. The number of anilines is 1. The molecule has 92 valence electrons. The molecular formula is C12H20Cl2N2. The van der Waals surface area contributed by atoms with E-state index in [1.807, 2.05) is 0 Å². The SMILES string of the molecule is Cc1ccc(C2CCNCC2)cc1N.Cl.Cl. The second kappa shape index (κ2) is 7.00. The zero-order chi connectivity index (χ0) is 9.97. The number of benzene rings is 1. The maximum atomic E-state index is 5.91. The lowest BCUT2D eigenvalue weighted by Crippen LogP contribution is -2.26. The van der Waals surface area contributed by atoms with E-state index in [2.05, 4.69) is 30.4 Å². The van der Waals surface area contributed by atoms with Crippen LogP contribution in [0.15, 0.2) is 18.2 Å². The highest BCUT2D eigenvalue weighted by Gasteiger charge is 2.15. The van der Waals surface area contributed by atoms with Gasteiger partial charge in [-0.2, -0.15) is 0 Å². The third-order valence-electron chi connectivity index (χ3n) is 3.11. The van der Waals surface area contributed by atoms with Crippen molar-refractivity contribution in [3.63, 3.8) is 0 Å². The van der Waals surface area contributed by atoms with Gasteiger partial charge in [0.1, 0.15) is 0 Å². The summed E-state index contributed by atoms with van der Waals surface area (Å²) in [5, 5.41) is 3.38. The third kappa shape index (κ3) is 3.55. The predicted octanol–water partition coefficient (Wildman–Crippen LogP) is 2.89. The standard InChI is InChI=1S/C12H18N2.2ClH/c1-9-2-3-11(8-12(9)13)10-4-6-14-7-5-10;;/h2-3,8,10,14H,4-7,13H2,1H3;2*1H. The van der Waals surface area contributed by atoms with Gasteiger partial charge in [-0.3, -0.25) is 0 Å². The number of halogens is 2. The largest absolute Gasteiger partial charge is 0.399 e. The molecule has 0 radical (unpaired) electrons. The molecule has 0 unspecified atom stereocenters. The topological polar surface area (TPSA) is 38.0 Å². The molecule has 0 amide bonds. The smallest absolute Gasteiger partial charge is 0.0346 e. The molecule has 0 aromatic heterocycles. The summed E-state index contributed by atoms with van der Waals surface area (Å²) in [6.07, 6.45) is 2.48. The van der Waals surface area contributed by atoms with Gasteiger partial charge in [-0.15, -0.1) is 24.8 Å². The van der Waals surface area contributed by atoms with E-state index in [9.17, 15) is 0 Å². The van der Waals surface area contributed by atoms with E-state index in [-0.39, 0.29) is 24.8 Å². The lowest BCUT2D eigenvalue weighted by molar-refractivity contribution is 0.460. The minimum Gasteiger partial charge on any atom is -0.399 e. The van der Waals surface area contributed by atoms with Crippen molar-refractivity contribution < 1.29 is 0 Å². The van der Waals surface area contributed by atoms with Crippen molar-refractivity contribution in [3.05, 3.63) is 29.3 Å². The van der Waals surface area contributed by atoms with Crippen LogP contribution in [0.1, 0.15) is 29.9 Å². The summed E-state index contributed by atoms with van der Waals surface area (Å²) in [6.45, 7) is 4.33. The van der Waals surface area contributed by atoms with E-state index in [1.54, 1.807) is 0 Å². The van der Waals surface area contributed by atoms with Gasteiger partial charge < -0.3 is 11.1 Å². The molecule has 0 saturated carbocycles. The van der Waals surface area contributed by atoms with Crippen LogP contribution in [0.25, 0.3) is 0 Å². The van der Waals surface area contributed by atoms with Gasteiger partial charge in [0, 0.05) is 5.69 Å². The summed E-state index contributed by atoms with van der Waals surface area (Å²) in [4.78, 5) is 0. The Morgan fingerprint density at radius 3 is 2.38 bits per heavy atom. The molecule has 0 atom stereocenters. The Bertz CT molecular complexity index is 323. The predicted molar refractivity (Wildman–Crippen MR) is 74.9 cm³/mol. The van der Waals surface area contributed by atoms with Crippen LogP contribution in [0.3, 0.4) is 0 Å². The molecule has 0 bridgehead atoms. The molecule has 1 aromatic rings. The highest BCUT2D eigenvalue weighted by molar-refractivity contribution is 5.85. The number of nitrogens with one attached hydrogen (secondary N) is 1. The molecule has 0 aliphatic carbocycles. The molecular weight excluding hydrogens is 243 g/mol. The number of nitrogen functional groups attached to an aromatic ring is 1. The molecule has 1 aromatic carbocycles. The molecule has 16 heavy (non-hydrogen) atoms. The Hall–Kier alpha value is -0.440. The van der Waals surface area contributed by atoms with Crippen molar-refractivity contribution in [1.29, 1.82) is 0 Å². The Labute approximate surface area is 110 Å². The van der Waals surface area contributed by atoms with Gasteiger partial charge in [0.2, 0.25) is 0 Å². The highest BCUT2D eigenvalue weighted by atomic mass is 35.5. The Morgan fingerprint density at radius 1 is 1.19 bits per heavy atom. The number of hydrogen-bond donors (Lipinski definition) is 2. The number of nitrogens with two attached hydrogens (primary N) is 1. The van der Waals surface area contributed by atoms with Gasteiger partial charge in [-0.1, -0.05) is 12.1 Å². The van der Waals surface area contributed by atoms with Gasteiger partial charge in [-0.05, 0) is 56.0 Å². The van der Waals surface area contributed by atoms with Crippen LogP contribution in [-0.2, 0) is 0 Å². The molecule has 2 rings (SSSR count). The van der Waals surface area contributed by atoms with Crippen molar-refractivity contribution >= 4 is 30.5 Å². The number of aryl methyl sites for hydroxylation is 1. The normalized spacial score (nSPS) is 16.1. The lowest BCUT2D eigenvalue weighted by atomic mass is 9.89. The van der Waals surface area contributed by atoms with E-state index in [0.717, 1.165) is 18.8 Å². The van der Waals surface area contributed by atoms with E-state index in [1.165, 1.54) is 24.0 Å². The molecule has 1 saturated heterocycles. The van der Waals surface area contributed by atoms with E-state index < -0.39 is 0 Å². The quantitative estimate of drug-likeness (QED) is 0.764. The van der Waals surface area contributed by atoms with Crippen LogP contribution in [0.5, 0.6) is 0 Å². The molecule has 1 fully saturated rings. The fourth-order valence-electron chi connectivity index (χ4n) is 2.07. The van der Waals surface area contributed by atoms with Crippen molar-refractivity contribution in [1.82, 2.24) is 5.32 Å². The summed E-state index contributed by atoms with van der Waals surface area (Å²) in [6, 6.07) is 6.50. The molecule has 1 aliphatic rings. The van der Waals surface area contributed by atoms with Gasteiger partial charge in [0.25, 0.3) is 0 Å². The van der Waals surface area contributed by atoms with Gasteiger partial charge >= 0.3 is 0 Å². The number of piperidine rings is 1. The lowest BCUT2D eigenvalue weighted by Gasteiger charge is -2.23. The Kier molecular flexibility index (Phi) is 6.81. The maximum absolute atomic E-state index is 5.91. The fraction of sp³-hybridized carbons (Fsp3) is 0.500. The first-order valence-corrected chi connectivity index (χ1v) is 5.34. The second-order valence-electron chi connectivity index (χ2n) is 4.14. The first kappa shape index (κ1) is 15.6. The van der Waals surface area contributed by atoms with Gasteiger partial charge in [0.15, 0.2) is 0 Å². The molecule has 3 N–H and O–H groups in total. The van der Waals surface area contributed by atoms with Crippen LogP contribution in [0.2, 0.25) is 0 Å². The van der Waals surface area contributed by atoms with E-state index >= 15 is 0 Å². The van der Waals surface area contributed by atoms with Gasteiger partial charge in [-0.25, -0.2) is 0 Å². The van der Waals surface area contributed by atoms with E-state index in [4.69, 9.17) is 5.73 Å². The minimum absolute atomic E-state index is 0. The molecule has 1 heterocycles. The first-order valence-electron chi connectivity index (χ1n) is 5.34. The summed E-state index contributed by atoms with van der Waals surface area (Å²) in [7, 11) is 0. The Balaban J connectivity index is 0.00000112. The fourth-order valence-corrected chi connectivity index (χ4v) is 2.07. The summed E-state index contributed by atoms with van der Waals surface area (Å²) in [5.41, 5.74) is 9.44. The molecule has 0 spiro atoms. The zero-order valence-corrected chi connectivity index (χ0v) is 11.2. The van der Waals surface area contributed by atoms with E-state index in [0.29, 0.717) is 5.92 Å². The van der Waals surface area contributed by atoms with Crippen molar-refractivity contribution in [2.45, 2.75) is 25.7 Å². The maximum Gasteiger partial charge on any atom is 0.0346 e. The first-order chi connectivity index (χ1) is 6.77. The van der Waals surface area contributed by atoms with Crippen LogP contribution in [0, 0.1) is 6.92 Å². The van der Waals surface area contributed by atoms with Crippen LogP contribution >= 0.6 is 24.8 Å². The molecule has 4 heteroatoms. The minimum atomic E-state index is 0.